The van der Waals surface area contributed by atoms with Crippen LogP contribution in [0.4, 0.5) is 0 Å². The van der Waals surface area contributed by atoms with Crippen molar-refractivity contribution in [3.8, 4) is 0 Å². The summed E-state index contributed by atoms with van der Waals surface area (Å²) in [6.45, 7) is 0. The maximum Gasteiger partial charge on any atom is 0.337 e. The van der Waals surface area contributed by atoms with Gasteiger partial charge in [-0.05, 0) is 29.8 Å². The third-order valence-electron chi connectivity index (χ3n) is 2.46. The molecule has 102 valence electrons. The number of esters is 1. The zero-order valence-electron chi connectivity index (χ0n) is 10.7. The van der Waals surface area contributed by atoms with E-state index in [9.17, 15) is 9.59 Å². The van der Waals surface area contributed by atoms with Crippen LogP contribution < -0.4 is 5.43 Å². The number of hydrazone groups is 1. The van der Waals surface area contributed by atoms with Crippen LogP contribution in [0.5, 0.6) is 0 Å². The number of hydrogen-bond acceptors (Lipinski definition) is 5. The standard InChI is InChI=1S/C14H12N2O4/c1-19-14(18)11-6-4-10(5-7-11)9-15-16-13(17)12-3-2-8-20-12/h2-9H,1H3,(H,16,17)/b15-9+. The molecule has 0 bridgehead atoms. The van der Waals surface area contributed by atoms with Crippen molar-refractivity contribution in [1.29, 1.82) is 0 Å². The molecule has 6 heteroatoms. The van der Waals surface area contributed by atoms with Gasteiger partial charge in [0.05, 0.1) is 25.2 Å². The third kappa shape index (κ3) is 3.32. The minimum absolute atomic E-state index is 0.184. The molecule has 0 aliphatic rings. The van der Waals surface area contributed by atoms with Gasteiger partial charge in [0, 0.05) is 0 Å². The van der Waals surface area contributed by atoms with Gasteiger partial charge in [-0.3, -0.25) is 4.79 Å². The molecule has 0 saturated carbocycles. The second-order valence-electron chi connectivity index (χ2n) is 3.79. The van der Waals surface area contributed by atoms with Crippen molar-refractivity contribution in [2.24, 2.45) is 5.10 Å². The first-order chi connectivity index (χ1) is 9.70. The van der Waals surface area contributed by atoms with Crippen LogP contribution in [0.1, 0.15) is 26.5 Å². The second kappa shape index (κ2) is 6.33. The molecule has 0 saturated heterocycles. The molecule has 0 radical (unpaired) electrons. The van der Waals surface area contributed by atoms with Crippen LogP contribution in [0.2, 0.25) is 0 Å². The van der Waals surface area contributed by atoms with E-state index < -0.39 is 11.9 Å². The predicted molar refractivity (Wildman–Crippen MR) is 71.5 cm³/mol. The quantitative estimate of drug-likeness (QED) is 0.523. The van der Waals surface area contributed by atoms with E-state index in [2.05, 4.69) is 15.3 Å². The molecular formula is C14H12N2O4. The molecule has 0 spiro atoms. The lowest BCUT2D eigenvalue weighted by Gasteiger charge is -1.99. The Balaban J connectivity index is 1.95. The molecule has 0 fully saturated rings. The number of methoxy groups -OCH3 is 1. The van der Waals surface area contributed by atoms with Gasteiger partial charge in [-0.25, -0.2) is 10.2 Å². The lowest BCUT2D eigenvalue weighted by molar-refractivity contribution is 0.0600. The van der Waals surface area contributed by atoms with Gasteiger partial charge in [0.1, 0.15) is 0 Å². The maximum absolute atomic E-state index is 11.5. The fourth-order valence-electron chi connectivity index (χ4n) is 1.45. The number of rotatable bonds is 4. The van der Waals surface area contributed by atoms with Gasteiger partial charge >= 0.3 is 11.9 Å². The molecule has 1 N–H and O–H groups in total. The Labute approximate surface area is 115 Å². The predicted octanol–water partition coefficient (Wildman–Crippen LogP) is 1.83. The molecule has 0 aliphatic heterocycles. The SMILES string of the molecule is COC(=O)c1ccc(/C=N/NC(=O)c2ccco2)cc1. The number of ether oxygens (including phenoxy) is 1. The van der Waals surface area contributed by atoms with Crippen molar-refractivity contribution in [2.75, 3.05) is 7.11 Å². The van der Waals surface area contributed by atoms with Gasteiger partial charge < -0.3 is 9.15 Å². The van der Waals surface area contributed by atoms with E-state index in [1.165, 1.54) is 25.7 Å². The molecule has 6 nitrogen and oxygen atoms in total. The van der Waals surface area contributed by atoms with Crippen LogP contribution >= 0.6 is 0 Å². The summed E-state index contributed by atoms with van der Waals surface area (Å²) in [5.74, 6) is -0.653. The monoisotopic (exact) mass is 272 g/mol. The Hall–Kier alpha value is -2.89. The first-order valence-corrected chi connectivity index (χ1v) is 5.76. The Morgan fingerprint density at radius 2 is 2.00 bits per heavy atom. The number of benzene rings is 1. The van der Waals surface area contributed by atoms with Gasteiger partial charge in [0.15, 0.2) is 5.76 Å². The highest BCUT2D eigenvalue weighted by molar-refractivity contribution is 5.93. The van der Waals surface area contributed by atoms with Crippen molar-refractivity contribution < 1.29 is 18.7 Å². The smallest absolute Gasteiger partial charge is 0.337 e. The summed E-state index contributed by atoms with van der Waals surface area (Å²) < 4.78 is 9.51. The van der Waals surface area contributed by atoms with Crippen LogP contribution in [0.25, 0.3) is 0 Å². The number of nitrogens with one attached hydrogen (secondary N) is 1. The van der Waals surface area contributed by atoms with Crippen LogP contribution in [-0.4, -0.2) is 25.2 Å². The summed E-state index contributed by atoms with van der Waals surface area (Å²) in [7, 11) is 1.32. The molecule has 0 unspecified atom stereocenters. The fourth-order valence-corrected chi connectivity index (χ4v) is 1.45. The van der Waals surface area contributed by atoms with E-state index in [0.29, 0.717) is 5.56 Å². The lowest BCUT2D eigenvalue weighted by atomic mass is 10.1. The molecule has 20 heavy (non-hydrogen) atoms. The van der Waals surface area contributed by atoms with Gasteiger partial charge in [0.25, 0.3) is 0 Å². The van der Waals surface area contributed by atoms with Crippen molar-refractivity contribution in [2.45, 2.75) is 0 Å². The first kappa shape index (κ1) is 13.5. The van der Waals surface area contributed by atoms with Crippen molar-refractivity contribution in [1.82, 2.24) is 5.43 Å². The van der Waals surface area contributed by atoms with E-state index in [4.69, 9.17) is 4.42 Å². The molecule has 1 aromatic heterocycles. The van der Waals surface area contributed by atoms with Gasteiger partial charge in [-0.15, -0.1) is 0 Å². The molecule has 1 aromatic carbocycles. The Morgan fingerprint density at radius 3 is 2.60 bits per heavy atom. The third-order valence-corrected chi connectivity index (χ3v) is 2.46. The van der Waals surface area contributed by atoms with Crippen molar-refractivity contribution in [3.63, 3.8) is 0 Å². The minimum atomic E-state index is -0.433. The molecule has 0 aliphatic carbocycles. The highest BCUT2D eigenvalue weighted by atomic mass is 16.5. The number of carbonyl (C=O) groups excluding carboxylic acids is 2. The summed E-state index contributed by atoms with van der Waals surface area (Å²) in [4.78, 5) is 22.7. The number of amides is 1. The summed E-state index contributed by atoms with van der Waals surface area (Å²) in [6.07, 6.45) is 2.87. The van der Waals surface area contributed by atoms with Gasteiger partial charge in [-0.1, -0.05) is 12.1 Å². The molecule has 2 aromatic rings. The largest absolute Gasteiger partial charge is 0.465 e. The fraction of sp³-hybridized carbons (Fsp3) is 0.0714. The Morgan fingerprint density at radius 1 is 1.25 bits per heavy atom. The highest BCUT2D eigenvalue weighted by Gasteiger charge is 2.06. The summed E-state index contributed by atoms with van der Waals surface area (Å²) in [6, 6.07) is 9.76. The van der Waals surface area contributed by atoms with Gasteiger partial charge in [0.2, 0.25) is 0 Å². The zero-order chi connectivity index (χ0) is 14.4. The average molecular weight is 272 g/mol. The lowest BCUT2D eigenvalue weighted by Crippen LogP contribution is -2.16. The molecule has 0 atom stereocenters. The topological polar surface area (TPSA) is 80.9 Å². The molecule has 2 rings (SSSR count). The summed E-state index contributed by atoms with van der Waals surface area (Å²) in [5, 5.41) is 3.79. The van der Waals surface area contributed by atoms with Crippen LogP contribution in [0, 0.1) is 0 Å². The average Bonchev–Trinajstić information content (AvgIpc) is 3.01. The highest BCUT2D eigenvalue weighted by Crippen LogP contribution is 2.04. The van der Waals surface area contributed by atoms with Crippen LogP contribution in [-0.2, 0) is 4.74 Å². The molecular weight excluding hydrogens is 260 g/mol. The Bertz CT molecular complexity index is 615. The minimum Gasteiger partial charge on any atom is -0.465 e. The van der Waals surface area contributed by atoms with E-state index >= 15 is 0 Å². The van der Waals surface area contributed by atoms with E-state index in [0.717, 1.165) is 5.56 Å². The number of carbonyl (C=O) groups is 2. The number of hydrogen-bond donors (Lipinski definition) is 1. The van der Waals surface area contributed by atoms with E-state index in [1.54, 1.807) is 30.3 Å². The van der Waals surface area contributed by atoms with Crippen LogP contribution in [0.3, 0.4) is 0 Å². The van der Waals surface area contributed by atoms with Crippen LogP contribution in [0.15, 0.2) is 52.2 Å². The molecule has 1 amide bonds. The number of nitrogens with zero attached hydrogens (tertiary/aromatic N) is 1. The van der Waals surface area contributed by atoms with Crippen molar-refractivity contribution >= 4 is 18.1 Å². The summed E-state index contributed by atoms with van der Waals surface area (Å²) in [5.41, 5.74) is 3.51. The first-order valence-electron chi connectivity index (χ1n) is 5.76. The Kier molecular flexibility index (Phi) is 4.28. The van der Waals surface area contributed by atoms with Crippen molar-refractivity contribution in [3.05, 3.63) is 59.5 Å². The molecule has 1 heterocycles. The summed E-state index contributed by atoms with van der Waals surface area (Å²) >= 11 is 0. The zero-order valence-corrected chi connectivity index (χ0v) is 10.7. The maximum atomic E-state index is 11.5. The normalized spacial score (nSPS) is 10.4. The van der Waals surface area contributed by atoms with E-state index in [-0.39, 0.29) is 5.76 Å². The van der Waals surface area contributed by atoms with Gasteiger partial charge in [-0.2, -0.15) is 5.10 Å². The second-order valence-corrected chi connectivity index (χ2v) is 3.79. The number of furan rings is 1. The van der Waals surface area contributed by atoms with E-state index in [1.807, 2.05) is 0 Å².